The fraction of sp³-hybridized carbons (Fsp3) is 0.250. The Labute approximate surface area is 102 Å². The Kier molecular flexibility index (Phi) is 3.38. The topological polar surface area (TPSA) is 50.9 Å². The monoisotopic (exact) mass is 255 g/mol. The zero-order valence-corrected chi connectivity index (χ0v) is 9.46. The Morgan fingerprint density at radius 1 is 1.22 bits per heavy atom. The number of nitrogens with zero attached hydrogens (tertiary/aromatic N) is 1. The summed E-state index contributed by atoms with van der Waals surface area (Å²) < 4.78 is 37.7. The lowest BCUT2D eigenvalue weighted by Gasteiger charge is -2.11. The van der Waals surface area contributed by atoms with E-state index in [1.165, 1.54) is 12.3 Å². The molecule has 6 heteroatoms. The molecule has 1 aromatic carbocycles. The van der Waals surface area contributed by atoms with E-state index in [2.05, 4.69) is 10.3 Å². The Morgan fingerprint density at radius 3 is 2.67 bits per heavy atom. The van der Waals surface area contributed by atoms with Crippen LogP contribution in [0.25, 0.3) is 10.9 Å². The Bertz CT molecular complexity index is 552. The van der Waals surface area contributed by atoms with Crippen LogP contribution >= 0.6 is 0 Å². The summed E-state index contributed by atoms with van der Waals surface area (Å²) in [6, 6.07) is 5.23. The van der Waals surface area contributed by atoms with Gasteiger partial charge >= 0.3 is 6.18 Å². The molecule has 0 aliphatic carbocycles. The van der Waals surface area contributed by atoms with Crippen molar-refractivity contribution in [1.82, 2.24) is 4.98 Å². The first-order chi connectivity index (χ1) is 8.52. The van der Waals surface area contributed by atoms with Gasteiger partial charge in [0.15, 0.2) is 0 Å². The van der Waals surface area contributed by atoms with Crippen molar-refractivity contribution in [2.75, 3.05) is 18.4 Å². The van der Waals surface area contributed by atoms with E-state index in [0.717, 1.165) is 17.8 Å². The van der Waals surface area contributed by atoms with Crippen LogP contribution in [0.15, 0.2) is 30.5 Å². The molecule has 0 spiro atoms. The highest BCUT2D eigenvalue weighted by molar-refractivity contribution is 5.91. The Morgan fingerprint density at radius 2 is 2.00 bits per heavy atom. The summed E-state index contributed by atoms with van der Waals surface area (Å²) >= 11 is 0. The molecule has 0 aliphatic heterocycles. The van der Waals surface area contributed by atoms with Gasteiger partial charge in [0.1, 0.15) is 0 Å². The van der Waals surface area contributed by atoms with Gasteiger partial charge in [0.25, 0.3) is 0 Å². The van der Waals surface area contributed by atoms with Crippen LogP contribution in [0.4, 0.5) is 18.9 Å². The minimum atomic E-state index is -4.35. The molecule has 0 aliphatic rings. The SMILES string of the molecule is NCCNc1ccnc2cc(C(F)(F)F)ccc12. The number of anilines is 1. The number of hydrogen-bond acceptors (Lipinski definition) is 3. The maximum absolute atomic E-state index is 12.6. The van der Waals surface area contributed by atoms with Gasteiger partial charge in [-0.15, -0.1) is 0 Å². The lowest BCUT2D eigenvalue weighted by molar-refractivity contribution is -0.137. The van der Waals surface area contributed by atoms with Gasteiger partial charge in [-0.25, -0.2) is 0 Å². The first-order valence-corrected chi connectivity index (χ1v) is 5.42. The second-order valence-corrected chi connectivity index (χ2v) is 3.80. The number of benzene rings is 1. The molecule has 0 amide bonds. The largest absolute Gasteiger partial charge is 0.416 e. The van der Waals surface area contributed by atoms with Gasteiger partial charge in [-0.3, -0.25) is 4.98 Å². The first-order valence-electron chi connectivity index (χ1n) is 5.42. The summed E-state index contributed by atoms with van der Waals surface area (Å²) in [7, 11) is 0. The van der Waals surface area contributed by atoms with Crippen molar-refractivity contribution in [3.63, 3.8) is 0 Å². The van der Waals surface area contributed by atoms with Crippen LogP contribution in [-0.2, 0) is 6.18 Å². The van der Waals surface area contributed by atoms with Crippen molar-refractivity contribution in [2.24, 2.45) is 5.73 Å². The summed E-state index contributed by atoms with van der Waals surface area (Å²) in [4.78, 5) is 3.95. The third-order valence-corrected chi connectivity index (χ3v) is 2.53. The zero-order chi connectivity index (χ0) is 13.2. The van der Waals surface area contributed by atoms with E-state index in [0.29, 0.717) is 24.0 Å². The predicted octanol–water partition coefficient (Wildman–Crippen LogP) is 2.62. The summed E-state index contributed by atoms with van der Waals surface area (Å²) in [5.74, 6) is 0. The molecule has 0 fully saturated rings. The van der Waals surface area contributed by atoms with Crippen LogP contribution in [0.2, 0.25) is 0 Å². The van der Waals surface area contributed by atoms with Crippen molar-refractivity contribution in [2.45, 2.75) is 6.18 Å². The summed E-state index contributed by atoms with van der Waals surface area (Å²) in [5.41, 5.74) is 5.73. The Hall–Kier alpha value is -1.82. The molecule has 1 heterocycles. The smallest absolute Gasteiger partial charge is 0.383 e. The second kappa shape index (κ2) is 4.81. The predicted molar refractivity (Wildman–Crippen MR) is 64.3 cm³/mol. The molecule has 18 heavy (non-hydrogen) atoms. The fourth-order valence-electron chi connectivity index (χ4n) is 1.69. The molecule has 2 rings (SSSR count). The van der Waals surface area contributed by atoms with Gasteiger partial charge < -0.3 is 11.1 Å². The van der Waals surface area contributed by atoms with Crippen LogP contribution in [0.1, 0.15) is 5.56 Å². The highest BCUT2D eigenvalue weighted by atomic mass is 19.4. The van der Waals surface area contributed by atoms with Crippen molar-refractivity contribution in [1.29, 1.82) is 0 Å². The van der Waals surface area contributed by atoms with Gasteiger partial charge in [-0.1, -0.05) is 6.07 Å². The van der Waals surface area contributed by atoms with Gasteiger partial charge in [0.05, 0.1) is 11.1 Å². The number of pyridine rings is 1. The van der Waals surface area contributed by atoms with Gasteiger partial charge in [0.2, 0.25) is 0 Å². The molecule has 96 valence electrons. The minimum absolute atomic E-state index is 0.312. The van der Waals surface area contributed by atoms with E-state index in [1.54, 1.807) is 6.07 Å². The molecule has 0 unspecified atom stereocenters. The zero-order valence-electron chi connectivity index (χ0n) is 9.46. The quantitative estimate of drug-likeness (QED) is 0.886. The molecular weight excluding hydrogens is 243 g/mol. The highest BCUT2D eigenvalue weighted by Crippen LogP contribution is 2.32. The third kappa shape index (κ3) is 2.53. The molecule has 0 bridgehead atoms. The molecule has 2 aromatic rings. The third-order valence-electron chi connectivity index (χ3n) is 2.53. The number of nitrogens with one attached hydrogen (secondary N) is 1. The van der Waals surface area contributed by atoms with E-state index in [1.807, 2.05) is 0 Å². The van der Waals surface area contributed by atoms with Crippen LogP contribution < -0.4 is 11.1 Å². The first kappa shape index (κ1) is 12.6. The minimum Gasteiger partial charge on any atom is -0.383 e. The highest BCUT2D eigenvalue weighted by Gasteiger charge is 2.30. The number of nitrogens with two attached hydrogens (primary N) is 1. The van der Waals surface area contributed by atoms with Gasteiger partial charge in [0, 0.05) is 30.4 Å². The van der Waals surface area contributed by atoms with E-state index in [4.69, 9.17) is 5.73 Å². The number of rotatable bonds is 3. The average Bonchev–Trinajstić information content (AvgIpc) is 2.34. The number of alkyl halides is 3. The van der Waals surface area contributed by atoms with Gasteiger partial charge in [-0.05, 0) is 18.2 Å². The molecule has 3 N–H and O–H groups in total. The van der Waals surface area contributed by atoms with Crippen molar-refractivity contribution in [3.05, 3.63) is 36.0 Å². The van der Waals surface area contributed by atoms with E-state index < -0.39 is 11.7 Å². The molecule has 3 nitrogen and oxygen atoms in total. The van der Waals surface area contributed by atoms with E-state index in [-0.39, 0.29) is 0 Å². The maximum atomic E-state index is 12.6. The summed E-state index contributed by atoms with van der Waals surface area (Å²) in [5, 5.41) is 3.70. The molecular formula is C12H12F3N3. The molecule has 0 atom stereocenters. The lowest BCUT2D eigenvalue weighted by Crippen LogP contribution is -2.13. The number of fused-ring (bicyclic) bond motifs is 1. The van der Waals surface area contributed by atoms with Crippen LogP contribution in [-0.4, -0.2) is 18.1 Å². The number of aromatic nitrogens is 1. The fourth-order valence-corrected chi connectivity index (χ4v) is 1.69. The van der Waals surface area contributed by atoms with Crippen molar-refractivity contribution >= 4 is 16.6 Å². The summed E-state index contributed by atoms with van der Waals surface area (Å²) in [6.45, 7) is 1.00. The Balaban J connectivity index is 2.46. The maximum Gasteiger partial charge on any atom is 0.416 e. The van der Waals surface area contributed by atoms with Crippen molar-refractivity contribution < 1.29 is 13.2 Å². The van der Waals surface area contributed by atoms with E-state index >= 15 is 0 Å². The second-order valence-electron chi connectivity index (χ2n) is 3.80. The standard InChI is InChI=1S/C12H12F3N3/c13-12(14,15)8-1-2-9-10(18-6-4-16)3-5-17-11(9)7-8/h1-3,5,7H,4,6,16H2,(H,17,18). The molecule has 0 saturated heterocycles. The van der Waals surface area contributed by atoms with Gasteiger partial charge in [-0.2, -0.15) is 13.2 Å². The van der Waals surface area contributed by atoms with Crippen LogP contribution in [0, 0.1) is 0 Å². The molecule has 0 radical (unpaired) electrons. The molecule has 1 aromatic heterocycles. The van der Waals surface area contributed by atoms with Crippen molar-refractivity contribution in [3.8, 4) is 0 Å². The normalized spacial score (nSPS) is 11.8. The number of hydrogen-bond donors (Lipinski definition) is 2. The summed E-state index contributed by atoms with van der Waals surface area (Å²) in [6.07, 6.45) is -2.88. The lowest BCUT2D eigenvalue weighted by atomic mass is 10.1. The van der Waals surface area contributed by atoms with Crippen LogP contribution in [0.3, 0.4) is 0 Å². The average molecular weight is 255 g/mol. The van der Waals surface area contributed by atoms with E-state index in [9.17, 15) is 13.2 Å². The number of halogens is 3. The van der Waals surface area contributed by atoms with Crippen LogP contribution in [0.5, 0.6) is 0 Å². The molecule has 0 saturated carbocycles.